The predicted octanol–water partition coefficient (Wildman–Crippen LogP) is 0.246. The molecular formula is C10H11NO6. The van der Waals surface area contributed by atoms with Gasteiger partial charge in [-0.1, -0.05) is 0 Å². The molecule has 1 aromatic rings. The van der Waals surface area contributed by atoms with Gasteiger partial charge in [0.15, 0.2) is 0 Å². The van der Waals surface area contributed by atoms with Crippen molar-refractivity contribution in [2.24, 2.45) is 0 Å². The van der Waals surface area contributed by atoms with E-state index in [1.165, 1.54) is 12.3 Å². The molecule has 92 valence electrons. The van der Waals surface area contributed by atoms with Crippen molar-refractivity contribution in [3.63, 3.8) is 0 Å². The fourth-order valence-corrected chi connectivity index (χ4v) is 1.23. The fraction of sp³-hybridized carbons (Fsp3) is 0.300. The van der Waals surface area contributed by atoms with Gasteiger partial charge in [0.05, 0.1) is 18.2 Å². The van der Waals surface area contributed by atoms with Gasteiger partial charge in [0.25, 0.3) is 5.91 Å². The maximum atomic E-state index is 11.6. The lowest BCUT2D eigenvalue weighted by Crippen LogP contribution is -2.42. The van der Waals surface area contributed by atoms with E-state index in [-0.39, 0.29) is 5.56 Å². The summed E-state index contributed by atoms with van der Waals surface area (Å²) >= 11 is 0. The summed E-state index contributed by atoms with van der Waals surface area (Å²) in [6.45, 7) is 1.54. The molecular weight excluding hydrogens is 230 g/mol. The van der Waals surface area contributed by atoms with Crippen LogP contribution in [0.5, 0.6) is 0 Å². The number of hydrogen-bond donors (Lipinski definition) is 3. The molecule has 0 spiro atoms. The minimum Gasteiger partial charge on any atom is -0.481 e. The van der Waals surface area contributed by atoms with Crippen molar-refractivity contribution in [1.82, 2.24) is 5.32 Å². The molecule has 0 bridgehead atoms. The van der Waals surface area contributed by atoms with Gasteiger partial charge in [-0.2, -0.15) is 0 Å². The molecule has 0 fully saturated rings. The second-order valence-electron chi connectivity index (χ2n) is 3.35. The third-order valence-electron chi connectivity index (χ3n) is 2.09. The smallest absolute Gasteiger partial charge is 0.326 e. The highest BCUT2D eigenvalue weighted by molar-refractivity contribution is 5.98. The molecule has 1 heterocycles. The van der Waals surface area contributed by atoms with Crippen LogP contribution in [0.2, 0.25) is 0 Å². The number of carboxylic acids is 2. The number of carbonyl (C=O) groups excluding carboxylic acids is 1. The maximum absolute atomic E-state index is 11.6. The van der Waals surface area contributed by atoms with Crippen LogP contribution in [-0.2, 0) is 9.59 Å². The summed E-state index contributed by atoms with van der Waals surface area (Å²) in [6.07, 6.45) is 0.606. The van der Waals surface area contributed by atoms with E-state index in [4.69, 9.17) is 14.6 Å². The summed E-state index contributed by atoms with van der Waals surface area (Å²) in [6, 6.07) is -0.0843. The quantitative estimate of drug-likeness (QED) is 0.680. The Labute approximate surface area is 96.0 Å². The van der Waals surface area contributed by atoms with E-state index in [1.54, 1.807) is 6.92 Å². The topological polar surface area (TPSA) is 117 Å². The van der Waals surface area contributed by atoms with Gasteiger partial charge in [0.1, 0.15) is 11.8 Å². The van der Waals surface area contributed by atoms with E-state index in [1.807, 2.05) is 0 Å². The summed E-state index contributed by atoms with van der Waals surface area (Å²) < 4.78 is 4.88. The average molecular weight is 241 g/mol. The first-order valence-corrected chi connectivity index (χ1v) is 4.71. The Morgan fingerprint density at radius 2 is 2.06 bits per heavy atom. The number of carbonyl (C=O) groups is 3. The number of hydrogen-bond acceptors (Lipinski definition) is 4. The standard InChI is InChI=1S/C10H11NO6/c1-5-6(2-3-17-5)9(14)11-7(10(15)16)4-8(12)13/h2-3,7H,4H2,1H3,(H,11,14)(H,12,13)(H,15,16). The van der Waals surface area contributed by atoms with Crippen LogP contribution in [0.25, 0.3) is 0 Å². The molecule has 1 unspecified atom stereocenters. The lowest BCUT2D eigenvalue weighted by atomic mass is 10.2. The minimum atomic E-state index is -1.46. The van der Waals surface area contributed by atoms with Gasteiger partial charge >= 0.3 is 11.9 Å². The van der Waals surface area contributed by atoms with E-state index in [2.05, 4.69) is 5.32 Å². The Balaban J connectivity index is 2.74. The monoisotopic (exact) mass is 241 g/mol. The van der Waals surface area contributed by atoms with E-state index in [0.29, 0.717) is 5.76 Å². The molecule has 1 amide bonds. The number of rotatable bonds is 5. The Morgan fingerprint density at radius 1 is 1.41 bits per heavy atom. The molecule has 0 aromatic carbocycles. The van der Waals surface area contributed by atoms with Crippen LogP contribution in [0.1, 0.15) is 22.5 Å². The molecule has 1 rings (SSSR count). The molecule has 0 saturated heterocycles. The molecule has 7 heteroatoms. The maximum Gasteiger partial charge on any atom is 0.326 e. The Hall–Kier alpha value is -2.31. The van der Waals surface area contributed by atoms with Crippen LogP contribution >= 0.6 is 0 Å². The van der Waals surface area contributed by atoms with Crippen LogP contribution < -0.4 is 5.32 Å². The molecule has 3 N–H and O–H groups in total. The highest BCUT2D eigenvalue weighted by Crippen LogP contribution is 2.09. The summed E-state index contributed by atoms with van der Waals surface area (Å²) in [5.74, 6) is -3.05. The first-order valence-electron chi connectivity index (χ1n) is 4.71. The van der Waals surface area contributed by atoms with Crippen LogP contribution in [-0.4, -0.2) is 34.1 Å². The first-order chi connectivity index (χ1) is 7.91. The van der Waals surface area contributed by atoms with Gasteiger partial charge in [0, 0.05) is 0 Å². The van der Waals surface area contributed by atoms with Crippen molar-refractivity contribution in [2.75, 3.05) is 0 Å². The van der Waals surface area contributed by atoms with E-state index in [0.717, 1.165) is 0 Å². The number of amides is 1. The molecule has 0 radical (unpaired) electrons. The average Bonchev–Trinajstić information content (AvgIpc) is 2.62. The zero-order chi connectivity index (χ0) is 13.0. The molecule has 1 aromatic heterocycles. The number of nitrogens with one attached hydrogen (secondary N) is 1. The summed E-state index contributed by atoms with van der Waals surface area (Å²) in [5.41, 5.74) is 0.182. The molecule has 0 aliphatic heterocycles. The van der Waals surface area contributed by atoms with E-state index < -0.39 is 30.3 Å². The molecule has 17 heavy (non-hydrogen) atoms. The van der Waals surface area contributed by atoms with Gasteiger partial charge in [-0.3, -0.25) is 9.59 Å². The number of aryl methyl sites for hydroxylation is 1. The largest absolute Gasteiger partial charge is 0.481 e. The number of carboxylic acid groups (broad SMARTS) is 2. The van der Waals surface area contributed by atoms with Gasteiger partial charge in [-0.05, 0) is 13.0 Å². The Morgan fingerprint density at radius 3 is 2.47 bits per heavy atom. The zero-order valence-electron chi connectivity index (χ0n) is 8.97. The minimum absolute atomic E-state index is 0.182. The Kier molecular flexibility index (Phi) is 3.86. The molecule has 0 aliphatic rings. The molecule has 0 aliphatic carbocycles. The Bertz CT molecular complexity index is 449. The van der Waals surface area contributed by atoms with E-state index in [9.17, 15) is 14.4 Å². The van der Waals surface area contributed by atoms with E-state index >= 15 is 0 Å². The summed E-state index contributed by atoms with van der Waals surface area (Å²) in [7, 11) is 0. The van der Waals surface area contributed by atoms with Gasteiger partial charge in [-0.15, -0.1) is 0 Å². The number of furan rings is 1. The van der Waals surface area contributed by atoms with Crippen molar-refractivity contribution in [1.29, 1.82) is 0 Å². The summed E-state index contributed by atoms with van der Waals surface area (Å²) in [5, 5.41) is 19.3. The predicted molar refractivity (Wildman–Crippen MR) is 54.6 cm³/mol. The van der Waals surface area contributed by atoms with Crippen molar-refractivity contribution >= 4 is 17.8 Å². The first kappa shape index (κ1) is 12.8. The molecule has 1 atom stereocenters. The van der Waals surface area contributed by atoms with Crippen molar-refractivity contribution < 1.29 is 29.0 Å². The second-order valence-corrected chi connectivity index (χ2v) is 3.35. The van der Waals surface area contributed by atoms with Crippen molar-refractivity contribution in [3.8, 4) is 0 Å². The van der Waals surface area contributed by atoms with Crippen LogP contribution in [0.15, 0.2) is 16.7 Å². The molecule has 7 nitrogen and oxygen atoms in total. The highest BCUT2D eigenvalue weighted by Gasteiger charge is 2.24. The van der Waals surface area contributed by atoms with Crippen molar-refractivity contribution in [2.45, 2.75) is 19.4 Å². The van der Waals surface area contributed by atoms with Gasteiger partial charge < -0.3 is 19.9 Å². The molecule has 0 saturated carbocycles. The second kappa shape index (κ2) is 5.15. The normalized spacial score (nSPS) is 11.8. The lowest BCUT2D eigenvalue weighted by Gasteiger charge is -2.11. The van der Waals surface area contributed by atoms with Crippen molar-refractivity contribution in [3.05, 3.63) is 23.7 Å². The van der Waals surface area contributed by atoms with Crippen LogP contribution in [0, 0.1) is 6.92 Å². The third kappa shape index (κ3) is 3.33. The van der Waals surface area contributed by atoms with Crippen LogP contribution in [0.4, 0.5) is 0 Å². The SMILES string of the molecule is Cc1occc1C(=O)NC(CC(=O)O)C(=O)O. The zero-order valence-corrected chi connectivity index (χ0v) is 8.97. The fourth-order valence-electron chi connectivity index (χ4n) is 1.23. The highest BCUT2D eigenvalue weighted by atomic mass is 16.4. The number of aliphatic carboxylic acids is 2. The van der Waals surface area contributed by atoms with Gasteiger partial charge in [-0.25, -0.2) is 4.79 Å². The van der Waals surface area contributed by atoms with Crippen LogP contribution in [0.3, 0.4) is 0 Å². The summed E-state index contributed by atoms with van der Waals surface area (Å²) in [4.78, 5) is 32.7. The van der Waals surface area contributed by atoms with Gasteiger partial charge in [0.2, 0.25) is 0 Å². The third-order valence-corrected chi connectivity index (χ3v) is 2.09. The lowest BCUT2D eigenvalue weighted by molar-refractivity contribution is -0.145.